The zero-order chi connectivity index (χ0) is 32.2. The van der Waals surface area contributed by atoms with Crippen LogP contribution in [0.25, 0.3) is 0 Å². The van der Waals surface area contributed by atoms with E-state index >= 15 is 0 Å². The van der Waals surface area contributed by atoms with E-state index in [-0.39, 0.29) is 37.7 Å². The van der Waals surface area contributed by atoms with Crippen LogP contribution in [0.1, 0.15) is 63.5 Å². The summed E-state index contributed by atoms with van der Waals surface area (Å²) >= 11 is 0. The van der Waals surface area contributed by atoms with Crippen molar-refractivity contribution < 1.29 is 33.8 Å². The molecule has 4 amide bonds. The number of nitrogens with one attached hydrogen (secondary N) is 3. The molecule has 2 aliphatic rings. The Morgan fingerprint density at radius 2 is 1.24 bits per heavy atom. The Hall–Kier alpha value is -4.12. The summed E-state index contributed by atoms with van der Waals surface area (Å²) in [5.41, 5.74) is 1.61. The Kier molecular flexibility index (Phi) is 12.6. The van der Waals surface area contributed by atoms with Gasteiger partial charge >= 0.3 is 0 Å². The van der Waals surface area contributed by atoms with Crippen LogP contribution in [0, 0.1) is 0 Å². The van der Waals surface area contributed by atoms with Crippen LogP contribution in [0.15, 0.2) is 48.5 Å². The summed E-state index contributed by atoms with van der Waals surface area (Å²) in [6.45, 7) is 5.18. The fourth-order valence-corrected chi connectivity index (χ4v) is 5.87. The van der Waals surface area contributed by atoms with Gasteiger partial charge in [-0.2, -0.15) is 0 Å². The van der Waals surface area contributed by atoms with Crippen LogP contribution >= 0.6 is 0 Å². The number of carbonyl (C=O) groups excluding carboxylic acids is 4. The summed E-state index contributed by atoms with van der Waals surface area (Å²) in [6.07, 6.45) is 3.60. The second-order valence-electron chi connectivity index (χ2n) is 11.5. The van der Waals surface area contributed by atoms with Gasteiger partial charge in [0.05, 0.1) is 13.2 Å². The molecule has 11 heteroatoms. The Morgan fingerprint density at radius 1 is 0.711 bits per heavy atom. The van der Waals surface area contributed by atoms with E-state index in [9.17, 15) is 24.3 Å². The normalized spacial score (nSPS) is 22.7. The molecule has 0 unspecified atom stereocenters. The second-order valence-corrected chi connectivity index (χ2v) is 11.5. The van der Waals surface area contributed by atoms with Gasteiger partial charge in [0.1, 0.15) is 35.7 Å². The van der Waals surface area contributed by atoms with Gasteiger partial charge in [-0.3, -0.25) is 19.2 Å². The fourth-order valence-electron chi connectivity index (χ4n) is 5.87. The zero-order valence-corrected chi connectivity index (χ0v) is 26.3. The highest BCUT2D eigenvalue weighted by Gasteiger charge is 2.39. The van der Waals surface area contributed by atoms with Gasteiger partial charge in [0.25, 0.3) is 0 Å². The van der Waals surface area contributed by atoms with Crippen LogP contribution in [-0.4, -0.2) is 84.2 Å². The minimum absolute atomic E-state index is 0.0360. The molecule has 244 valence electrons. The highest BCUT2D eigenvalue weighted by molar-refractivity contribution is 5.97. The predicted molar refractivity (Wildman–Crippen MR) is 169 cm³/mol. The molecule has 2 aromatic rings. The van der Waals surface area contributed by atoms with Crippen molar-refractivity contribution in [2.45, 2.75) is 89.4 Å². The molecule has 0 aromatic heterocycles. The third-order valence-corrected chi connectivity index (χ3v) is 8.22. The summed E-state index contributed by atoms with van der Waals surface area (Å²) in [7, 11) is 0. The minimum Gasteiger partial charge on any atom is -0.494 e. The maximum Gasteiger partial charge on any atom is 0.246 e. The number of benzene rings is 2. The van der Waals surface area contributed by atoms with Crippen LogP contribution in [0.2, 0.25) is 0 Å². The molecule has 11 nitrogen and oxygen atoms in total. The molecule has 4 rings (SSSR count). The smallest absolute Gasteiger partial charge is 0.246 e. The second kappa shape index (κ2) is 16.8. The standard InChI is InChI=1S/C34H46N4O7/c1-3-44-25-15-11-23(12-16-25)21-28-32(41)37-29(22-24-13-17-26(18-14-24)45-4-2)34(43)38-19-7-5-10-30(38)33(42)35-27(31(40)36-28)9-6-8-20-39/h11-18,27-30,39H,3-10,19-22H2,1-2H3,(H,35,42)(H,36,40)(H,37,41)/t27-,28-,29-,30+/m0/s1. The predicted octanol–water partition coefficient (Wildman–Crippen LogP) is 2.28. The third-order valence-electron chi connectivity index (χ3n) is 8.22. The van der Waals surface area contributed by atoms with Gasteiger partial charge in [0.2, 0.25) is 23.6 Å². The van der Waals surface area contributed by atoms with Crippen molar-refractivity contribution in [1.29, 1.82) is 0 Å². The SMILES string of the molecule is CCOc1ccc(C[C@@H]2NC(=O)[C@H](CCCCO)NC(=O)[C@H]3CCCCN3C(=O)[C@H](Cc3ccc(OCC)cc3)NC2=O)cc1. The fraction of sp³-hybridized carbons (Fsp3) is 0.529. The zero-order valence-electron chi connectivity index (χ0n) is 26.3. The van der Waals surface area contributed by atoms with E-state index in [2.05, 4.69) is 16.0 Å². The van der Waals surface area contributed by atoms with Crippen molar-refractivity contribution in [1.82, 2.24) is 20.9 Å². The molecule has 0 radical (unpaired) electrons. The van der Waals surface area contributed by atoms with E-state index in [1.807, 2.05) is 50.2 Å². The first-order valence-corrected chi connectivity index (χ1v) is 16.1. The number of amides is 4. The molecule has 0 aliphatic carbocycles. The number of hydrogen-bond donors (Lipinski definition) is 4. The van der Waals surface area contributed by atoms with Gasteiger partial charge in [0.15, 0.2) is 0 Å². The topological polar surface area (TPSA) is 146 Å². The van der Waals surface area contributed by atoms with Gasteiger partial charge < -0.3 is 35.4 Å². The lowest BCUT2D eigenvalue weighted by Gasteiger charge is -2.38. The van der Waals surface area contributed by atoms with E-state index in [1.165, 1.54) is 0 Å². The van der Waals surface area contributed by atoms with Crippen LogP contribution in [-0.2, 0) is 32.0 Å². The average Bonchev–Trinajstić information content (AvgIpc) is 3.04. The monoisotopic (exact) mass is 622 g/mol. The Labute approximate surface area is 265 Å². The summed E-state index contributed by atoms with van der Waals surface area (Å²) < 4.78 is 11.1. The maximum atomic E-state index is 14.2. The molecule has 45 heavy (non-hydrogen) atoms. The summed E-state index contributed by atoms with van der Waals surface area (Å²) in [5.74, 6) is -0.296. The van der Waals surface area contributed by atoms with Crippen molar-refractivity contribution in [3.63, 3.8) is 0 Å². The number of fused-ring (bicyclic) bond motifs is 1. The van der Waals surface area contributed by atoms with Gasteiger partial charge in [-0.1, -0.05) is 24.3 Å². The van der Waals surface area contributed by atoms with E-state index in [0.29, 0.717) is 50.5 Å². The Morgan fingerprint density at radius 3 is 1.82 bits per heavy atom. The van der Waals surface area contributed by atoms with Crippen LogP contribution < -0.4 is 25.4 Å². The van der Waals surface area contributed by atoms with Crippen LogP contribution in [0.4, 0.5) is 0 Å². The molecule has 4 N–H and O–H groups in total. The van der Waals surface area contributed by atoms with Gasteiger partial charge in [-0.15, -0.1) is 0 Å². The number of aliphatic hydroxyl groups excluding tert-OH is 1. The van der Waals surface area contributed by atoms with Crippen molar-refractivity contribution in [3.8, 4) is 11.5 Å². The largest absolute Gasteiger partial charge is 0.494 e. The van der Waals surface area contributed by atoms with Crippen LogP contribution in [0.3, 0.4) is 0 Å². The molecule has 0 bridgehead atoms. The minimum atomic E-state index is -1.01. The quantitative estimate of drug-likeness (QED) is 0.266. The third kappa shape index (κ3) is 9.43. The lowest BCUT2D eigenvalue weighted by molar-refractivity contribution is -0.146. The number of piperidine rings is 1. The number of unbranched alkanes of at least 4 members (excludes halogenated alkanes) is 1. The molecule has 2 heterocycles. The van der Waals surface area contributed by atoms with Gasteiger partial charge in [-0.05, 0) is 87.8 Å². The first-order chi connectivity index (χ1) is 21.8. The number of ether oxygens (including phenoxy) is 2. The highest BCUT2D eigenvalue weighted by Crippen LogP contribution is 2.22. The van der Waals surface area contributed by atoms with Crippen molar-refractivity contribution >= 4 is 23.6 Å². The lowest BCUT2D eigenvalue weighted by Crippen LogP contribution is -2.63. The highest BCUT2D eigenvalue weighted by atomic mass is 16.5. The number of rotatable bonds is 12. The Bertz CT molecular complexity index is 1280. The summed E-state index contributed by atoms with van der Waals surface area (Å²) in [4.78, 5) is 57.0. The number of carbonyl (C=O) groups is 4. The van der Waals surface area contributed by atoms with Crippen LogP contribution in [0.5, 0.6) is 11.5 Å². The van der Waals surface area contributed by atoms with Gasteiger partial charge in [-0.25, -0.2) is 0 Å². The van der Waals surface area contributed by atoms with E-state index < -0.39 is 36.0 Å². The van der Waals surface area contributed by atoms with Crippen molar-refractivity contribution in [2.75, 3.05) is 26.4 Å². The molecule has 2 aromatic carbocycles. The lowest BCUT2D eigenvalue weighted by atomic mass is 9.96. The van der Waals surface area contributed by atoms with E-state index in [0.717, 1.165) is 24.0 Å². The molecule has 2 fully saturated rings. The first-order valence-electron chi connectivity index (χ1n) is 16.1. The van der Waals surface area contributed by atoms with Gasteiger partial charge in [0, 0.05) is 26.0 Å². The molecule has 0 spiro atoms. The Balaban J connectivity index is 1.67. The van der Waals surface area contributed by atoms with E-state index in [1.54, 1.807) is 17.0 Å². The van der Waals surface area contributed by atoms with E-state index in [4.69, 9.17) is 9.47 Å². The number of hydrogen-bond acceptors (Lipinski definition) is 7. The molecular weight excluding hydrogens is 576 g/mol. The maximum absolute atomic E-state index is 14.2. The van der Waals surface area contributed by atoms with Crippen molar-refractivity contribution in [2.24, 2.45) is 0 Å². The molecule has 2 saturated heterocycles. The average molecular weight is 623 g/mol. The van der Waals surface area contributed by atoms with Crippen molar-refractivity contribution in [3.05, 3.63) is 59.7 Å². The summed E-state index contributed by atoms with van der Waals surface area (Å²) in [5, 5.41) is 18.0. The molecule has 0 saturated carbocycles. The first kappa shape index (κ1) is 33.8. The molecule has 2 aliphatic heterocycles. The molecular formula is C34H46N4O7. The number of nitrogens with zero attached hydrogens (tertiary/aromatic N) is 1. The number of aliphatic hydroxyl groups is 1. The molecule has 4 atom stereocenters. The summed E-state index contributed by atoms with van der Waals surface area (Å²) in [6, 6.07) is 11.0.